The van der Waals surface area contributed by atoms with Crippen molar-refractivity contribution >= 4 is 10.0 Å². The lowest BCUT2D eigenvalue weighted by Crippen LogP contribution is -2.27. The van der Waals surface area contributed by atoms with E-state index in [-0.39, 0.29) is 17.6 Å². The molecule has 0 atom stereocenters. The number of sulfonamides is 1. The van der Waals surface area contributed by atoms with Crippen molar-refractivity contribution in [2.45, 2.75) is 63.6 Å². The fourth-order valence-corrected chi connectivity index (χ4v) is 4.23. The van der Waals surface area contributed by atoms with Gasteiger partial charge in [0, 0.05) is 11.7 Å². The zero-order chi connectivity index (χ0) is 16.4. The van der Waals surface area contributed by atoms with Gasteiger partial charge in [-0.15, -0.1) is 0 Å². The lowest BCUT2D eigenvalue weighted by Gasteiger charge is -2.12. The number of hydrogen-bond donors (Lipinski definition) is 2. The lowest BCUT2D eigenvalue weighted by atomic mass is 10.1. The Bertz CT molecular complexity index is 776. The summed E-state index contributed by atoms with van der Waals surface area (Å²) in [6.45, 7) is 4.01. The molecule has 2 N–H and O–H groups in total. The van der Waals surface area contributed by atoms with Crippen molar-refractivity contribution in [3.8, 4) is 0 Å². The molecular weight excluding hydrogens is 314 g/mol. The third-order valence-corrected chi connectivity index (χ3v) is 5.62. The zero-order valence-electron chi connectivity index (χ0n) is 13.5. The summed E-state index contributed by atoms with van der Waals surface area (Å²) >= 11 is 0. The first-order chi connectivity index (χ1) is 11.0. The van der Waals surface area contributed by atoms with Gasteiger partial charge in [0.1, 0.15) is 0 Å². The second-order valence-electron chi connectivity index (χ2n) is 6.22. The molecular formula is C15H23N5O2S. The Kier molecular flexibility index (Phi) is 4.54. The molecule has 0 saturated carbocycles. The molecule has 2 aromatic heterocycles. The second kappa shape index (κ2) is 6.45. The van der Waals surface area contributed by atoms with E-state index < -0.39 is 10.0 Å². The molecule has 126 valence electrons. The van der Waals surface area contributed by atoms with E-state index in [1.54, 1.807) is 0 Å². The quantitative estimate of drug-likeness (QED) is 0.816. The van der Waals surface area contributed by atoms with Gasteiger partial charge in [-0.05, 0) is 51.2 Å². The number of H-pyrrole nitrogens is 1. The first-order valence-electron chi connectivity index (χ1n) is 8.07. The van der Waals surface area contributed by atoms with Crippen LogP contribution in [0.4, 0.5) is 0 Å². The number of aryl methyl sites for hydroxylation is 1. The van der Waals surface area contributed by atoms with Gasteiger partial charge >= 0.3 is 0 Å². The van der Waals surface area contributed by atoms with Gasteiger partial charge in [-0.1, -0.05) is 6.42 Å². The van der Waals surface area contributed by atoms with Gasteiger partial charge in [-0.3, -0.25) is 9.78 Å². The summed E-state index contributed by atoms with van der Waals surface area (Å²) in [5, 5.41) is 11.6. The highest BCUT2D eigenvalue weighted by molar-refractivity contribution is 7.89. The van der Waals surface area contributed by atoms with Crippen LogP contribution in [0.25, 0.3) is 0 Å². The van der Waals surface area contributed by atoms with Gasteiger partial charge in [-0.25, -0.2) is 13.1 Å². The van der Waals surface area contributed by atoms with E-state index in [1.807, 2.05) is 13.8 Å². The van der Waals surface area contributed by atoms with Gasteiger partial charge in [0.2, 0.25) is 0 Å². The molecule has 0 aliphatic heterocycles. The maximum Gasteiger partial charge on any atom is 0.258 e. The van der Waals surface area contributed by atoms with Crippen LogP contribution in [0.2, 0.25) is 0 Å². The molecule has 0 radical (unpaired) electrons. The Labute approximate surface area is 136 Å². The lowest BCUT2D eigenvalue weighted by molar-refractivity contribution is 0.475. The Balaban J connectivity index is 1.78. The summed E-state index contributed by atoms with van der Waals surface area (Å²) < 4.78 is 29.2. The number of nitrogens with zero attached hydrogens (tertiary/aromatic N) is 3. The maximum absolute atomic E-state index is 12.5. The molecule has 1 aliphatic carbocycles. The van der Waals surface area contributed by atoms with Crippen LogP contribution in [-0.4, -0.2) is 28.4 Å². The molecule has 2 heterocycles. The predicted molar refractivity (Wildman–Crippen MR) is 86.5 cm³/mol. The zero-order valence-corrected chi connectivity index (χ0v) is 14.4. The van der Waals surface area contributed by atoms with Crippen molar-refractivity contribution in [3.05, 3.63) is 29.2 Å². The van der Waals surface area contributed by atoms with Gasteiger partial charge in [0.05, 0.1) is 18.4 Å². The molecule has 0 amide bonds. The monoisotopic (exact) mass is 337 g/mol. The van der Waals surface area contributed by atoms with Crippen LogP contribution in [0.1, 0.15) is 56.1 Å². The number of aromatic amines is 1. The maximum atomic E-state index is 12.5. The van der Waals surface area contributed by atoms with E-state index in [1.165, 1.54) is 28.9 Å². The minimum absolute atomic E-state index is 0.0155. The summed E-state index contributed by atoms with van der Waals surface area (Å²) in [5.74, 6) is 0. The third-order valence-electron chi connectivity index (χ3n) is 4.22. The fraction of sp³-hybridized carbons (Fsp3) is 0.600. The van der Waals surface area contributed by atoms with Crippen LogP contribution in [0, 0.1) is 0 Å². The highest BCUT2D eigenvalue weighted by Gasteiger charge is 2.22. The smallest absolute Gasteiger partial charge is 0.258 e. The van der Waals surface area contributed by atoms with E-state index >= 15 is 0 Å². The summed E-state index contributed by atoms with van der Waals surface area (Å²) in [5.41, 5.74) is 3.15. The summed E-state index contributed by atoms with van der Waals surface area (Å²) in [6.07, 6.45) is 6.97. The molecule has 23 heavy (non-hydrogen) atoms. The van der Waals surface area contributed by atoms with Crippen LogP contribution in [0.3, 0.4) is 0 Å². The molecule has 7 nitrogen and oxygen atoms in total. The molecule has 0 aromatic carbocycles. The Morgan fingerprint density at radius 3 is 2.87 bits per heavy atom. The normalized spacial score (nSPS) is 15.6. The summed E-state index contributed by atoms with van der Waals surface area (Å²) in [6, 6.07) is 1.51. The van der Waals surface area contributed by atoms with Crippen molar-refractivity contribution < 1.29 is 8.42 Å². The summed E-state index contributed by atoms with van der Waals surface area (Å²) in [4.78, 5) is 0. The fourth-order valence-electron chi connectivity index (χ4n) is 3.01. The van der Waals surface area contributed by atoms with Crippen LogP contribution < -0.4 is 4.72 Å². The van der Waals surface area contributed by atoms with E-state index in [9.17, 15) is 8.42 Å². The van der Waals surface area contributed by atoms with Crippen molar-refractivity contribution in [1.82, 2.24) is 24.7 Å². The first-order valence-corrected chi connectivity index (χ1v) is 9.55. The molecule has 8 heteroatoms. The first kappa shape index (κ1) is 16.2. The van der Waals surface area contributed by atoms with Crippen molar-refractivity contribution in [1.29, 1.82) is 0 Å². The average Bonchev–Trinajstić information content (AvgIpc) is 3.08. The molecule has 0 bridgehead atoms. The molecule has 1 aliphatic rings. The minimum Gasteiger partial charge on any atom is -0.282 e. The molecule has 0 spiro atoms. The molecule has 0 unspecified atom stereocenters. The second-order valence-corrected chi connectivity index (χ2v) is 7.93. The van der Waals surface area contributed by atoms with Crippen LogP contribution in [-0.2, 0) is 29.4 Å². The number of rotatable bonds is 5. The minimum atomic E-state index is -3.61. The molecule has 3 rings (SSSR count). The van der Waals surface area contributed by atoms with Crippen molar-refractivity contribution in [2.24, 2.45) is 0 Å². The third kappa shape index (κ3) is 3.32. The highest BCUT2D eigenvalue weighted by Crippen LogP contribution is 2.22. The Morgan fingerprint density at radius 1 is 1.30 bits per heavy atom. The van der Waals surface area contributed by atoms with Gasteiger partial charge in [0.25, 0.3) is 10.0 Å². The van der Waals surface area contributed by atoms with E-state index in [2.05, 4.69) is 20.0 Å². The Hall–Kier alpha value is -1.67. The van der Waals surface area contributed by atoms with E-state index in [0.717, 1.165) is 37.1 Å². The molecule has 2 aromatic rings. The van der Waals surface area contributed by atoms with Gasteiger partial charge in [0.15, 0.2) is 5.03 Å². The molecule has 0 fully saturated rings. The molecule has 0 saturated heterocycles. The number of nitrogens with one attached hydrogen (secondary N) is 2. The van der Waals surface area contributed by atoms with E-state index in [4.69, 9.17) is 0 Å². The summed E-state index contributed by atoms with van der Waals surface area (Å²) in [7, 11) is -3.61. The topological polar surface area (TPSA) is 92.7 Å². The number of aromatic nitrogens is 4. The van der Waals surface area contributed by atoms with Crippen LogP contribution in [0.15, 0.2) is 17.3 Å². The SMILES string of the molecule is CC(C)n1nccc1S(=O)(=O)NCc1n[nH]c2c1CCCCC2. The number of fused-ring (bicyclic) bond motifs is 1. The van der Waals surface area contributed by atoms with Gasteiger partial charge < -0.3 is 0 Å². The van der Waals surface area contributed by atoms with Crippen LogP contribution in [0.5, 0.6) is 0 Å². The predicted octanol–water partition coefficient (Wildman–Crippen LogP) is 1.93. The van der Waals surface area contributed by atoms with Crippen LogP contribution >= 0.6 is 0 Å². The largest absolute Gasteiger partial charge is 0.282 e. The highest BCUT2D eigenvalue weighted by atomic mass is 32.2. The van der Waals surface area contributed by atoms with Crippen molar-refractivity contribution in [3.63, 3.8) is 0 Å². The number of hydrogen-bond acceptors (Lipinski definition) is 4. The van der Waals surface area contributed by atoms with E-state index in [0.29, 0.717) is 0 Å². The standard InChI is InChI=1S/C15H23N5O2S/c1-11(2)20-15(8-9-16-20)23(21,22)17-10-14-12-6-4-3-5-7-13(12)18-19-14/h8-9,11,17H,3-7,10H2,1-2H3,(H,18,19). The Morgan fingerprint density at radius 2 is 2.09 bits per heavy atom. The average molecular weight is 337 g/mol. The van der Waals surface area contributed by atoms with Gasteiger partial charge in [-0.2, -0.15) is 10.2 Å². The van der Waals surface area contributed by atoms with Crippen molar-refractivity contribution in [2.75, 3.05) is 0 Å².